The summed E-state index contributed by atoms with van der Waals surface area (Å²) in [4.78, 5) is 22.0. The van der Waals surface area contributed by atoms with E-state index in [-0.39, 0.29) is 17.6 Å². The molecule has 1 unspecified atom stereocenters. The lowest BCUT2D eigenvalue weighted by Crippen LogP contribution is -2.41. The molecule has 6 nitrogen and oxygen atoms in total. The van der Waals surface area contributed by atoms with Gasteiger partial charge in [0, 0.05) is 49.2 Å². The van der Waals surface area contributed by atoms with Gasteiger partial charge < -0.3 is 10.6 Å². The quantitative estimate of drug-likeness (QED) is 0.632. The van der Waals surface area contributed by atoms with E-state index in [1.54, 1.807) is 12.1 Å². The fourth-order valence-electron chi connectivity index (χ4n) is 2.03. The second kappa shape index (κ2) is 7.25. The van der Waals surface area contributed by atoms with Crippen molar-refractivity contribution in [3.8, 4) is 0 Å². The molecule has 0 radical (unpaired) electrons. The van der Waals surface area contributed by atoms with Crippen molar-refractivity contribution in [1.82, 2.24) is 10.6 Å². The summed E-state index contributed by atoms with van der Waals surface area (Å²) in [5, 5.41) is 16.8. The van der Waals surface area contributed by atoms with Crippen LogP contribution in [0.5, 0.6) is 0 Å². The monoisotopic (exact) mass is 295 g/mol. The zero-order chi connectivity index (χ0) is 14.4. The van der Waals surface area contributed by atoms with Crippen LogP contribution in [0, 0.1) is 10.1 Å². The summed E-state index contributed by atoms with van der Waals surface area (Å²) in [5.41, 5.74) is 0.778. The third kappa shape index (κ3) is 4.50. The van der Waals surface area contributed by atoms with Crippen LogP contribution in [0.4, 0.5) is 5.69 Å². The van der Waals surface area contributed by atoms with Gasteiger partial charge >= 0.3 is 0 Å². The number of amides is 1. The number of hydrogen-bond acceptors (Lipinski definition) is 5. The predicted molar refractivity (Wildman–Crippen MR) is 78.7 cm³/mol. The molecule has 0 aromatic heterocycles. The minimum atomic E-state index is -0.436. The van der Waals surface area contributed by atoms with Gasteiger partial charge in [0.05, 0.1) is 4.92 Å². The second-order valence-corrected chi connectivity index (χ2v) is 5.78. The summed E-state index contributed by atoms with van der Waals surface area (Å²) in [5.74, 6) is 2.01. The highest BCUT2D eigenvalue weighted by atomic mass is 32.2. The van der Waals surface area contributed by atoms with Gasteiger partial charge in [0.25, 0.3) is 5.69 Å². The molecular formula is C13H17N3O3S. The van der Waals surface area contributed by atoms with Crippen LogP contribution in [0.3, 0.4) is 0 Å². The van der Waals surface area contributed by atoms with E-state index in [1.807, 2.05) is 11.8 Å². The first kappa shape index (κ1) is 14.8. The maximum absolute atomic E-state index is 11.8. The summed E-state index contributed by atoms with van der Waals surface area (Å²) in [7, 11) is 0. The molecule has 2 rings (SSSR count). The topological polar surface area (TPSA) is 84.3 Å². The lowest BCUT2D eigenvalue weighted by Gasteiger charge is -2.22. The van der Waals surface area contributed by atoms with Crippen molar-refractivity contribution in [3.63, 3.8) is 0 Å². The Kier molecular flexibility index (Phi) is 5.37. The average Bonchev–Trinajstić information content (AvgIpc) is 2.46. The van der Waals surface area contributed by atoms with E-state index in [0.717, 1.165) is 23.6 Å². The summed E-state index contributed by atoms with van der Waals surface area (Å²) in [6.07, 6.45) is 0.446. The molecule has 1 aliphatic rings. The first-order valence-electron chi connectivity index (χ1n) is 6.46. The molecular weight excluding hydrogens is 278 g/mol. The van der Waals surface area contributed by atoms with Gasteiger partial charge in [-0.3, -0.25) is 14.9 Å². The molecule has 1 aliphatic heterocycles. The van der Waals surface area contributed by atoms with Gasteiger partial charge in [-0.15, -0.1) is 0 Å². The summed E-state index contributed by atoms with van der Waals surface area (Å²) in [6, 6.07) is 6.53. The molecule has 1 heterocycles. The van der Waals surface area contributed by atoms with Crippen LogP contribution in [0.15, 0.2) is 24.3 Å². The van der Waals surface area contributed by atoms with Crippen molar-refractivity contribution < 1.29 is 9.72 Å². The SMILES string of the molecule is O=C(CC1CSCCN1)NCc1cccc([N+](=O)[O-])c1. The van der Waals surface area contributed by atoms with Crippen molar-refractivity contribution in [3.05, 3.63) is 39.9 Å². The normalized spacial score (nSPS) is 18.5. The van der Waals surface area contributed by atoms with Gasteiger partial charge in [0.1, 0.15) is 0 Å². The van der Waals surface area contributed by atoms with Gasteiger partial charge in [0.2, 0.25) is 5.91 Å². The average molecular weight is 295 g/mol. The largest absolute Gasteiger partial charge is 0.352 e. The fourth-order valence-corrected chi connectivity index (χ4v) is 2.98. The molecule has 0 spiro atoms. The predicted octanol–water partition coefficient (Wildman–Crippen LogP) is 1.31. The van der Waals surface area contributed by atoms with E-state index in [1.165, 1.54) is 12.1 Å². The van der Waals surface area contributed by atoms with Crippen LogP contribution < -0.4 is 10.6 Å². The highest BCUT2D eigenvalue weighted by molar-refractivity contribution is 7.99. The maximum Gasteiger partial charge on any atom is 0.269 e. The van der Waals surface area contributed by atoms with E-state index in [0.29, 0.717) is 13.0 Å². The molecule has 7 heteroatoms. The molecule has 1 amide bonds. The van der Waals surface area contributed by atoms with Gasteiger partial charge in [0.15, 0.2) is 0 Å². The maximum atomic E-state index is 11.8. The minimum absolute atomic E-state index is 0.0310. The fraction of sp³-hybridized carbons (Fsp3) is 0.462. The first-order valence-corrected chi connectivity index (χ1v) is 7.62. The van der Waals surface area contributed by atoms with Crippen molar-refractivity contribution in [1.29, 1.82) is 0 Å². The number of non-ortho nitro benzene ring substituents is 1. The smallest absolute Gasteiger partial charge is 0.269 e. The molecule has 20 heavy (non-hydrogen) atoms. The van der Waals surface area contributed by atoms with Crippen molar-refractivity contribution in [2.45, 2.75) is 19.0 Å². The van der Waals surface area contributed by atoms with Crippen LogP contribution >= 0.6 is 11.8 Å². The van der Waals surface area contributed by atoms with Crippen LogP contribution in [-0.2, 0) is 11.3 Å². The Morgan fingerprint density at radius 2 is 2.40 bits per heavy atom. The molecule has 0 bridgehead atoms. The van der Waals surface area contributed by atoms with E-state index in [9.17, 15) is 14.9 Å². The first-order chi connectivity index (χ1) is 9.65. The highest BCUT2D eigenvalue weighted by Crippen LogP contribution is 2.13. The zero-order valence-electron chi connectivity index (χ0n) is 11.0. The molecule has 0 aliphatic carbocycles. The van der Waals surface area contributed by atoms with E-state index in [2.05, 4.69) is 10.6 Å². The van der Waals surface area contributed by atoms with Gasteiger partial charge in [-0.2, -0.15) is 11.8 Å². The van der Waals surface area contributed by atoms with Crippen molar-refractivity contribution in [2.75, 3.05) is 18.1 Å². The van der Waals surface area contributed by atoms with Crippen molar-refractivity contribution in [2.24, 2.45) is 0 Å². The van der Waals surface area contributed by atoms with Crippen LogP contribution in [0.25, 0.3) is 0 Å². The van der Waals surface area contributed by atoms with E-state index >= 15 is 0 Å². The Labute approximate surface area is 121 Å². The Morgan fingerprint density at radius 1 is 1.55 bits per heavy atom. The molecule has 1 fully saturated rings. The number of carbonyl (C=O) groups excluding carboxylic acids is 1. The Hall–Kier alpha value is -1.60. The summed E-state index contributed by atoms with van der Waals surface area (Å²) in [6.45, 7) is 1.26. The number of nitro groups is 1. The standard InChI is InChI=1S/C13H17N3O3S/c17-13(7-11-9-20-5-4-14-11)15-8-10-2-1-3-12(6-10)16(18)19/h1-3,6,11,14H,4-5,7-9H2,(H,15,17). The molecule has 1 aromatic carbocycles. The van der Waals surface area contributed by atoms with Gasteiger partial charge in [-0.1, -0.05) is 12.1 Å². The van der Waals surface area contributed by atoms with E-state index < -0.39 is 4.92 Å². The number of carbonyl (C=O) groups is 1. The number of benzene rings is 1. The van der Waals surface area contributed by atoms with Crippen LogP contribution in [0.2, 0.25) is 0 Å². The van der Waals surface area contributed by atoms with Crippen LogP contribution in [0.1, 0.15) is 12.0 Å². The molecule has 2 N–H and O–H groups in total. The van der Waals surface area contributed by atoms with Gasteiger partial charge in [-0.25, -0.2) is 0 Å². The van der Waals surface area contributed by atoms with Crippen LogP contribution in [-0.4, -0.2) is 34.9 Å². The number of nitrogens with one attached hydrogen (secondary N) is 2. The third-order valence-corrected chi connectivity index (χ3v) is 4.17. The van der Waals surface area contributed by atoms with Crippen molar-refractivity contribution >= 4 is 23.4 Å². The second-order valence-electron chi connectivity index (χ2n) is 4.63. The molecule has 0 saturated carbocycles. The number of rotatable bonds is 5. The lowest BCUT2D eigenvalue weighted by molar-refractivity contribution is -0.384. The molecule has 1 atom stereocenters. The zero-order valence-corrected chi connectivity index (χ0v) is 11.8. The Bertz CT molecular complexity index is 490. The Balaban J connectivity index is 1.80. The number of thioether (sulfide) groups is 1. The summed E-state index contributed by atoms with van der Waals surface area (Å²) < 4.78 is 0. The molecule has 108 valence electrons. The molecule has 1 aromatic rings. The minimum Gasteiger partial charge on any atom is -0.352 e. The number of nitrogens with zero attached hydrogens (tertiary/aromatic N) is 1. The highest BCUT2D eigenvalue weighted by Gasteiger charge is 2.16. The molecule has 1 saturated heterocycles. The number of hydrogen-bond donors (Lipinski definition) is 2. The number of nitro benzene ring substituents is 1. The summed E-state index contributed by atoms with van der Waals surface area (Å²) >= 11 is 1.85. The Morgan fingerprint density at radius 3 is 3.10 bits per heavy atom. The van der Waals surface area contributed by atoms with Gasteiger partial charge in [-0.05, 0) is 5.56 Å². The lowest BCUT2D eigenvalue weighted by atomic mass is 10.2. The van der Waals surface area contributed by atoms with E-state index in [4.69, 9.17) is 0 Å². The third-order valence-electron chi connectivity index (χ3n) is 3.04.